The number of hydrogen-bond donors (Lipinski definition) is 0. The fourth-order valence-corrected chi connectivity index (χ4v) is 1.92. The number of halogens is 3. The number of alkyl halides is 1. The second-order valence-corrected chi connectivity index (χ2v) is 4.50. The van der Waals surface area contributed by atoms with Crippen molar-refractivity contribution >= 4 is 17.3 Å². The summed E-state index contributed by atoms with van der Waals surface area (Å²) >= 11 is 5.56. The summed E-state index contributed by atoms with van der Waals surface area (Å²) in [4.78, 5) is 1.55. The molecule has 1 aromatic rings. The Hall–Kier alpha value is -1.34. The van der Waals surface area contributed by atoms with Gasteiger partial charge in [-0.05, 0) is 31.5 Å². The zero-order valence-corrected chi connectivity index (χ0v) is 11.1. The summed E-state index contributed by atoms with van der Waals surface area (Å²) in [6, 6.07) is 4.34. The molecule has 0 saturated carbocycles. The molecule has 0 bridgehead atoms. The van der Waals surface area contributed by atoms with E-state index in [2.05, 4.69) is 0 Å². The molecule has 2 nitrogen and oxygen atoms in total. The Bertz CT molecular complexity index is 432. The van der Waals surface area contributed by atoms with Crippen molar-refractivity contribution < 1.29 is 8.78 Å². The van der Waals surface area contributed by atoms with E-state index < -0.39 is 11.6 Å². The molecule has 0 saturated heterocycles. The first-order chi connectivity index (χ1) is 8.51. The Morgan fingerprint density at radius 1 is 1.33 bits per heavy atom. The third-order valence-electron chi connectivity index (χ3n) is 2.61. The van der Waals surface area contributed by atoms with Gasteiger partial charge in [0.2, 0.25) is 0 Å². The van der Waals surface area contributed by atoms with Gasteiger partial charge in [-0.2, -0.15) is 5.26 Å². The topological polar surface area (TPSA) is 27.0 Å². The molecule has 0 aliphatic heterocycles. The summed E-state index contributed by atoms with van der Waals surface area (Å²) < 4.78 is 27.8. The SMILES string of the molecule is CC(C)N(CCC#N)c1c(F)cc(CCl)cc1F. The predicted molar refractivity (Wildman–Crippen MR) is 68.6 cm³/mol. The van der Waals surface area contributed by atoms with Gasteiger partial charge in [-0.1, -0.05) is 0 Å². The highest BCUT2D eigenvalue weighted by atomic mass is 35.5. The number of hydrogen-bond acceptors (Lipinski definition) is 2. The van der Waals surface area contributed by atoms with Crippen molar-refractivity contribution in [2.24, 2.45) is 0 Å². The van der Waals surface area contributed by atoms with E-state index in [0.29, 0.717) is 12.1 Å². The van der Waals surface area contributed by atoms with Crippen LogP contribution in [0.3, 0.4) is 0 Å². The number of benzene rings is 1. The van der Waals surface area contributed by atoms with E-state index in [9.17, 15) is 8.78 Å². The van der Waals surface area contributed by atoms with Crippen LogP contribution in [0.4, 0.5) is 14.5 Å². The minimum absolute atomic E-state index is 0.0635. The summed E-state index contributed by atoms with van der Waals surface area (Å²) in [6.07, 6.45) is 0.217. The van der Waals surface area contributed by atoms with Crippen LogP contribution < -0.4 is 4.90 Å². The standard InChI is InChI=1S/C13H15ClF2N2/c1-9(2)18(5-3-4-17)13-11(15)6-10(8-14)7-12(13)16/h6-7,9H,3,5,8H2,1-2H3. The number of rotatable bonds is 5. The number of nitrogens with zero attached hydrogens (tertiary/aromatic N) is 2. The molecule has 1 aromatic carbocycles. The monoisotopic (exact) mass is 272 g/mol. The fraction of sp³-hybridized carbons (Fsp3) is 0.462. The largest absolute Gasteiger partial charge is 0.363 e. The molecule has 0 heterocycles. The molecule has 0 unspecified atom stereocenters. The molecule has 0 aliphatic rings. The highest BCUT2D eigenvalue weighted by Crippen LogP contribution is 2.27. The third kappa shape index (κ3) is 3.33. The molecule has 0 radical (unpaired) electrons. The zero-order valence-electron chi connectivity index (χ0n) is 10.4. The van der Waals surface area contributed by atoms with Crippen LogP contribution >= 0.6 is 11.6 Å². The van der Waals surface area contributed by atoms with E-state index in [4.69, 9.17) is 16.9 Å². The molecule has 0 N–H and O–H groups in total. The van der Waals surface area contributed by atoms with Crippen molar-refractivity contribution in [1.29, 1.82) is 5.26 Å². The van der Waals surface area contributed by atoms with Gasteiger partial charge in [0.25, 0.3) is 0 Å². The maximum atomic E-state index is 13.9. The van der Waals surface area contributed by atoms with Crippen molar-refractivity contribution in [3.8, 4) is 6.07 Å². The Kier molecular flexibility index (Phi) is 5.36. The average Bonchev–Trinajstić information content (AvgIpc) is 2.31. The minimum Gasteiger partial charge on any atom is -0.363 e. The Morgan fingerprint density at radius 3 is 2.28 bits per heavy atom. The van der Waals surface area contributed by atoms with Gasteiger partial charge in [0.15, 0.2) is 0 Å². The molecular formula is C13H15ClF2N2. The normalized spacial score (nSPS) is 10.5. The van der Waals surface area contributed by atoms with Crippen LogP contribution in [0.15, 0.2) is 12.1 Å². The Labute approximate surface area is 111 Å². The van der Waals surface area contributed by atoms with Crippen LogP contribution in [0.5, 0.6) is 0 Å². The van der Waals surface area contributed by atoms with Gasteiger partial charge in [-0.3, -0.25) is 0 Å². The third-order valence-corrected chi connectivity index (χ3v) is 2.91. The van der Waals surface area contributed by atoms with Crippen LogP contribution in [0.25, 0.3) is 0 Å². The van der Waals surface area contributed by atoms with E-state index in [0.717, 1.165) is 0 Å². The van der Waals surface area contributed by atoms with Gasteiger partial charge in [-0.25, -0.2) is 8.78 Å². The first-order valence-electron chi connectivity index (χ1n) is 5.68. The lowest BCUT2D eigenvalue weighted by molar-refractivity contribution is 0.554. The number of anilines is 1. The maximum Gasteiger partial charge on any atom is 0.149 e. The van der Waals surface area contributed by atoms with Gasteiger partial charge in [0.1, 0.15) is 17.3 Å². The van der Waals surface area contributed by atoms with Crippen LogP contribution in [0.1, 0.15) is 25.8 Å². The molecule has 0 spiro atoms. The summed E-state index contributed by atoms with van der Waals surface area (Å²) in [5.41, 5.74) is 0.313. The molecule has 0 atom stereocenters. The van der Waals surface area contributed by atoms with E-state index in [1.54, 1.807) is 4.90 Å². The van der Waals surface area contributed by atoms with Crippen molar-refractivity contribution in [2.45, 2.75) is 32.2 Å². The number of nitriles is 1. The highest BCUT2D eigenvalue weighted by Gasteiger charge is 2.20. The summed E-state index contributed by atoms with van der Waals surface area (Å²) in [5, 5.41) is 8.58. The van der Waals surface area contributed by atoms with Gasteiger partial charge in [0, 0.05) is 18.5 Å². The maximum absolute atomic E-state index is 13.9. The molecule has 0 aromatic heterocycles. The zero-order chi connectivity index (χ0) is 13.7. The van der Waals surface area contributed by atoms with Crippen LogP contribution in [0, 0.1) is 23.0 Å². The van der Waals surface area contributed by atoms with Crippen molar-refractivity contribution in [1.82, 2.24) is 0 Å². The molecule has 1 rings (SSSR count). The molecule has 0 amide bonds. The summed E-state index contributed by atoms with van der Waals surface area (Å²) in [7, 11) is 0. The Morgan fingerprint density at radius 2 is 1.89 bits per heavy atom. The molecule has 98 valence electrons. The lowest BCUT2D eigenvalue weighted by atomic mass is 10.1. The second kappa shape index (κ2) is 6.55. The van der Waals surface area contributed by atoms with Crippen LogP contribution in [-0.2, 0) is 5.88 Å². The quantitative estimate of drug-likeness (QED) is 0.762. The van der Waals surface area contributed by atoms with Gasteiger partial charge in [0.05, 0.1) is 12.5 Å². The second-order valence-electron chi connectivity index (χ2n) is 4.24. The van der Waals surface area contributed by atoms with Crippen molar-refractivity contribution in [3.05, 3.63) is 29.3 Å². The first-order valence-corrected chi connectivity index (χ1v) is 6.22. The van der Waals surface area contributed by atoms with Gasteiger partial charge in [-0.15, -0.1) is 11.6 Å². The lowest BCUT2D eigenvalue weighted by Gasteiger charge is -2.29. The smallest absolute Gasteiger partial charge is 0.149 e. The lowest BCUT2D eigenvalue weighted by Crippen LogP contribution is -2.33. The first kappa shape index (κ1) is 14.7. The Balaban J connectivity index is 3.16. The molecule has 0 aliphatic carbocycles. The van der Waals surface area contributed by atoms with Gasteiger partial charge < -0.3 is 4.90 Å². The van der Waals surface area contributed by atoms with Crippen LogP contribution in [-0.4, -0.2) is 12.6 Å². The van der Waals surface area contributed by atoms with Crippen molar-refractivity contribution in [3.63, 3.8) is 0 Å². The van der Waals surface area contributed by atoms with Gasteiger partial charge >= 0.3 is 0 Å². The summed E-state index contributed by atoms with van der Waals surface area (Å²) in [6.45, 7) is 3.94. The van der Waals surface area contributed by atoms with Crippen molar-refractivity contribution in [2.75, 3.05) is 11.4 Å². The predicted octanol–water partition coefficient (Wildman–Crippen LogP) is 3.83. The molecular weight excluding hydrogens is 258 g/mol. The van der Waals surface area contributed by atoms with E-state index in [-0.39, 0.29) is 24.0 Å². The fourth-order valence-electron chi connectivity index (χ4n) is 1.77. The minimum atomic E-state index is -0.641. The van der Waals surface area contributed by atoms with E-state index in [1.165, 1.54) is 12.1 Å². The molecule has 0 fully saturated rings. The van der Waals surface area contributed by atoms with Crippen LogP contribution in [0.2, 0.25) is 0 Å². The summed E-state index contributed by atoms with van der Waals surface area (Å²) in [5.74, 6) is -1.22. The molecule has 18 heavy (non-hydrogen) atoms. The average molecular weight is 273 g/mol. The van der Waals surface area contributed by atoms with E-state index in [1.807, 2.05) is 19.9 Å². The van der Waals surface area contributed by atoms with E-state index >= 15 is 0 Å². The molecule has 5 heteroatoms. The highest BCUT2D eigenvalue weighted by molar-refractivity contribution is 6.17.